The fraction of sp³-hybridized carbons (Fsp3) is 0.304. The largest absolute Gasteiger partial charge is 0.369 e. The van der Waals surface area contributed by atoms with Crippen LogP contribution in [0.3, 0.4) is 0 Å². The molecule has 0 spiro atoms. The van der Waals surface area contributed by atoms with Crippen LogP contribution in [0.2, 0.25) is 0 Å². The summed E-state index contributed by atoms with van der Waals surface area (Å²) in [6.07, 6.45) is 6.12. The van der Waals surface area contributed by atoms with Gasteiger partial charge in [-0.25, -0.2) is 4.98 Å². The van der Waals surface area contributed by atoms with Gasteiger partial charge < -0.3 is 20.1 Å². The first-order valence-electron chi connectivity index (χ1n) is 10.6. The Labute approximate surface area is 181 Å². The number of pyridine rings is 1. The van der Waals surface area contributed by atoms with Crippen molar-refractivity contribution in [3.8, 4) is 11.5 Å². The summed E-state index contributed by atoms with van der Waals surface area (Å²) >= 11 is 0. The molecule has 1 aromatic carbocycles. The number of benzene rings is 1. The third-order valence-corrected chi connectivity index (χ3v) is 5.54. The van der Waals surface area contributed by atoms with Gasteiger partial charge in [0.15, 0.2) is 5.82 Å². The lowest BCUT2D eigenvalue weighted by atomic mass is 10.1. The Balaban J connectivity index is 1.33. The van der Waals surface area contributed by atoms with Crippen molar-refractivity contribution in [1.29, 1.82) is 0 Å². The molecule has 2 N–H and O–H groups in total. The second-order valence-corrected chi connectivity index (χ2v) is 8.25. The van der Waals surface area contributed by atoms with Crippen LogP contribution in [-0.4, -0.2) is 32.3 Å². The van der Waals surface area contributed by atoms with Crippen LogP contribution in [0.5, 0.6) is 0 Å². The van der Waals surface area contributed by atoms with Gasteiger partial charge in [0.1, 0.15) is 17.8 Å². The van der Waals surface area contributed by atoms with Gasteiger partial charge >= 0.3 is 0 Å². The molecule has 3 heterocycles. The summed E-state index contributed by atoms with van der Waals surface area (Å²) in [7, 11) is 0. The third-order valence-electron chi connectivity index (χ3n) is 5.54. The highest BCUT2D eigenvalue weighted by atomic mass is 16.1. The Morgan fingerprint density at radius 3 is 2.81 bits per heavy atom. The summed E-state index contributed by atoms with van der Waals surface area (Å²) < 4.78 is 2.06. The van der Waals surface area contributed by atoms with E-state index in [1.54, 1.807) is 12.4 Å². The van der Waals surface area contributed by atoms with Gasteiger partial charge in [0, 0.05) is 29.2 Å². The molecule has 0 saturated heterocycles. The topological polar surface area (TPSA) is 88.0 Å². The van der Waals surface area contributed by atoms with Crippen molar-refractivity contribution >= 4 is 17.4 Å². The van der Waals surface area contributed by atoms with E-state index in [0.29, 0.717) is 35.7 Å². The molecule has 1 fully saturated rings. The SMILES string of the molecule is CC(C)C1=CN(c2cccc(C(=O)Nc3cccc(-c4nncn4C4CC4)n3)c2)CN1. The third kappa shape index (κ3) is 4.01. The van der Waals surface area contributed by atoms with E-state index < -0.39 is 0 Å². The predicted molar refractivity (Wildman–Crippen MR) is 119 cm³/mol. The molecule has 1 saturated carbocycles. The number of hydrogen-bond acceptors (Lipinski definition) is 6. The molecule has 8 heteroatoms. The molecular weight excluding hydrogens is 390 g/mol. The first kappa shape index (κ1) is 19.3. The van der Waals surface area contributed by atoms with E-state index in [-0.39, 0.29) is 5.91 Å². The van der Waals surface area contributed by atoms with Crippen molar-refractivity contribution in [3.63, 3.8) is 0 Å². The minimum Gasteiger partial charge on any atom is -0.369 e. The van der Waals surface area contributed by atoms with Crippen LogP contribution in [-0.2, 0) is 0 Å². The number of allylic oxidation sites excluding steroid dienone is 1. The summed E-state index contributed by atoms with van der Waals surface area (Å²) in [5.41, 5.74) is 3.44. The number of carbonyl (C=O) groups excluding carboxylic acids is 1. The molecule has 5 rings (SSSR count). The summed E-state index contributed by atoms with van der Waals surface area (Å²) in [6, 6.07) is 13.6. The van der Waals surface area contributed by atoms with Crippen molar-refractivity contribution in [2.45, 2.75) is 32.7 Å². The van der Waals surface area contributed by atoms with Gasteiger partial charge in [-0.15, -0.1) is 10.2 Å². The summed E-state index contributed by atoms with van der Waals surface area (Å²) in [5.74, 6) is 1.45. The van der Waals surface area contributed by atoms with Crippen LogP contribution in [0.4, 0.5) is 11.5 Å². The molecule has 3 aromatic rings. The quantitative estimate of drug-likeness (QED) is 0.637. The maximum atomic E-state index is 12.9. The molecule has 0 atom stereocenters. The van der Waals surface area contributed by atoms with Gasteiger partial charge in [0.25, 0.3) is 5.91 Å². The maximum absolute atomic E-state index is 12.9. The molecule has 1 amide bonds. The Morgan fingerprint density at radius 2 is 2.03 bits per heavy atom. The number of hydrogen-bond donors (Lipinski definition) is 2. The Hall–Kier alpha value is -3.68. The molecule has 8 nitrogen and oxygen atoms in total. The van der Waals surface area contributed by atoms with Crippen molar-refractivity contribution in [2.24, 2.45) is 5.92 Å². The van der Waals surface area contributed by atoms with Crippen LogP contribution in [0, 0.1) is 5.92 Å². The van der Waals surface area contributed by atoms with Crippen molar-refractivity contribution in [3.05, 3.63) is 66.3 Å². The fourth-order valence-corrected chi connectivity index (χ4v) is 3.64. The number of anilines is 2. The zero-order valence-electron chi connectivity index (χ0n) is 17.6. The molecule has 1 aliphatic heterocycles. The Kier molecular flexibility index (Phi) is 4.89. The van der Waals surface area contributed by atoms with Crippen LogP contribution in [0.15, 0.2) is 60.7 Å². The van der Waals surface area contributed by atoms with Gasteiger partial charge in [-0.1, -0.05) is 26.0 Å². The summed E-state index contributed by atoms with van der Waals surface area (Å²) in [5, 5.41) is 14.6. The number of nitrogens with zero attached hydrogens (tertiary/aromatic N) is 5. The number of carbonyl (C=O) groups is 1. The molecule has 2 aliphatic rings. The first-order valence-corrected chi connectivity index (χ1v) is 10.6. The van der Waals surface area contributed by atoms with E-state index >= 15 is 0 Å². The van der Waals surface area contributed by atoms with Crippen molar-refractivity contribution in [2.75, 3.05) is 16.9 Å². The zero-order valence-corrected chi connectivity index (χ0v) is 17.6. The molecule has 31 heavy (non-hydrogen) atoms. The van der Waals surface area contributed by atoms with Gasteiger partial charge in [0.05, 0.1) is 6.67 Å². The Morgan fingerprint density at radius 1 is 1.19 bits per heavy atom. The van der Waals surface area contributed by atoms with Gasteiger partial charge in [0.2, 0.25) is 0 Å². The van der Waals surface area contributed by atoms with Crippen LogP contribution in [0.25, 0.3) is 11.5 Å². The lowest BCUT2D eigenvalue weighted by molar-refractivity contribution is 0.102. The standard InChI is InChI=1S/C23H25N7O/c1-15(2)20-12-29(13-24-20)18-6-3-5-16(11-18)23(31)27-21-8-4-7-19(26-21)22-28-25-14-30(22)17-9-10-17/h3-8,11-12,14-15,17,24H,9-10,13H2,1-2H3,(H,26,27,31). The van der Waals surface area contributed by atoms with E-state index in [9.17, 15) is 4.79 Å². The predicted octanol–water partition coefficient (Wildman–Crippen LogP) is 3.79. The zero-order chi connectivity index (χ0) is 21.4. The highest BCUT2D eigenvalue weighted by Gasteiger charge is 2.27. The lowest BCUT2D eigenvalue weighted by Gasteiger charge is -2.15. The monoisotopic (exact) mass is 415 g/mol. The first-order chi connectivity index (χ1) is 15.1. The average Bonchev–Trinajstić information content (AvgIpc) is 3.29. The Bertz CT molecular complexity index is 1150. The average molecular weight is 416 g/mol. The van der Waals surface area contributed by atoms with Crippen LogP contribution in [0.1, 0.15) is 43.1 Å². The fourth-order valence-electron chi connectivity index (χ4n) is 3.64. The normalized spacial score (nSPS) is 15.7. The van der Waals surface area contributed by atoms with E-state index in [0.717, 1.165) is 24.4 Å². The maximum Gasteiger partial charge on any atom is 0.256 e. The van der Waals surface area contributed by atoms with Crippen molar-refractivity contribution < 1.29 is 4.79 Å². The minimum absolute atomic E-state index is 0.199. The van der Waals surface area contributed by atoms with Crippen LogP contribution < -0.4 is 15.5 Å². The molecule has 1 aliphatic carbocycles. The van der Waals surface area contributed by atoms with E-state index in [4.69, 9.17) is 0 Å². The molecular formula is C23H25N7O. The number of aromatic nitrogens is 4. The summed E-state index contributed by atoms with van der Waals surface area (Å²) in [6.45, 7) is 5.00. The number of nitrogens with one attached hydrogen (secondary N) is 2. The second-order valence-electron chi connectivity index (χ2n) is 8.25. The van der Waals surface area contributed by atoms with E-state index in [1.807, 2.05) is 36.4 Å². The molecule has 0 radical (unpaired) electrons. The second kappa shape index (κ2) is 7.86. The van der Waals surface area contributed by atoms with Gasteiger partial charge in [-0.05, 0) is 49.1 Å². The van der Waals surface area contributed by atoms with Gasteiger partial charge in [-0.3, -0.25) is 4.79 Å². The lowest BCUT2D eigenvalue weighted by Crippen LogP contribution is -2.22. The smallest absolute Gasteiger partial charge is 0.256 e. The summed E-state index contributed by atoms with van der Waals surface area (Å²) in [4.78, 5) is 19.6. The highest BCUT2D eigenvalue weighted by molar-refractivity contribution is 6.04. The molecule has 0 unspecified atom stereocenters. The highest BCUT2D eigenvalue weighted by Crippen LogP contribution is 2.37. The minimum atomic E-state index is -0.199. The molecule has 158 valence electrons. The molecule has 0 bridgehead atoms. The van der Waals surface area contributed by atoms with Crippen molar-refractivity contribution in [1.82, 2.24) is 25.1 Å². The number of rotatable bonds is 6. The van der Waals surface area contributed by atoms with E-state index in [1.165, 1.54) is 5.70 Å². The molecule has 2 aromatic heterocycles. The van der Waals surface area contributed by atoms with Crippen LogP contribution >= 0.6 is 0 Å². The number of amides is 1. The van der Waals surface area contributed by atoms with Gasteiger partial charge in [-0.2, -0.15) is 0 Å². The van der Waals surface area contributed by atoms with E-state index in [2.05, 4.69) is 55.3 Å².